The van der Waals surface area contributed by atoms with Gasteiger partial charge in [0.1, 0.15) is 16.3 Å². The summed E-state index contributed by atoms with van der Waals surface area (Å²) in [6.45, 7) is 7.20. The first kappa shape index (κ1) is 20.9. The zero-order valence-electron chi connectivity index (χ0n) is 15.7. The van der Waals surface area contributed by atoms with Gasteiger partial charge in [-0.25, -0.2) is 4.98 Å². The molecule has 2 aromatic rings. The molecule has 0 spiro atoms. The molecular formula is C21H23ClN2O2S. The molecular weight excluding hydrogens is 380 g/mol. The molecule has 1 unspecified atom stereocenters. The highest BCUT2D eigenvalue weighted by Crippen LogP contribution is 2.28. The number of halogens is 1. The van der Waals surface area contributed by atoms with Crippen LogP contribution in [0.2, 0.25) is 0 Å². The maximum absolute atomic E-state index is 11.1. The van der Waals surface area contributed by atoms with E-state index < -0.39 is 5.50 Å². The Labute approximate surface area is 169 Å². The largest absolute Gasteiger partial charge is 0.497 e. The number of nitrogens with one attached hydrogen (secondary N) is 1. The molecule has 4 nitrogen and oxygen atoms in total. The monoisotopic (exact) mass is 402 g/mol. The summed E-state index contributed by atoms with van der Waals surface area (Å²) in [5.41, 5.74) is 2.45. The van der Waals surface area contributed by atoms with E-state index in [1.165, 1.54) is 6.92 Å². The van der Waals surface area contributed by atoms with Crippen LogP contribution in [-0.2, 0) is 11.2 Å². The fourth-order valence-corrected chi connectivity index (χ4v) is 3.45. The minimum atomic E-state index is -0.519. The van der Waals surface area contributed by atoms with Crippen LogP contribution in [0.1, 0.15) is 18.7 Å². The number of thiazole rings is 1. The molecule has 0 fully saturated rings. The molecule has 0 radical (unpaired) electrons. The van der Waals surface area contributed by atoms with Crippen molar-refractivity contribution in [1.82, 2.24) is 10.3 Å². The second kappa shape index (κ2) is 10.1. The maximum Gasteiger partial charge on any atom is 0.218 e. The van der Waals surface area contributed by atoms with Crippen LogP contribution in [0.5, 0.6) is 5.75 Å². The Balaban J connectivity index is 2.09. The molecule has 0 bridgehead atoms. The molecule has 1 heterocycles. The molecule has 0 saturated heterocycles. The molecule has 0 saturated carbocycles. The number of alkyl halides is 1. The number of methoxy groups -OCH3 is 1. The van der Waals surface area contributed by atoms with E-state index in [0.717, 1.165) is 38.8 Å². The van der Waals surface area contributed by atoms with Crippen molar-refractivity contribution in [1.29, 1.82) is 0 Å². The highest BCUT2D eigenvalue weighted by Gasteiger charge is 2.08. The molecule has 1 amide bonds. The summed E-state index contributed by atoms with van der Waals surface area (Å²) in [5, 5.41) is 3.62. The third-order valence-electron chi connectivity index (χ3n) is 3.82. The number of allylic oxidation sites excluding steroid dienone is 4. The van der Waals surface area contributed by atoms with Gasteiger partial charge in [0, 0.05) is 30.0 Å². The van der Waals surface area contributed by atoms with Gasteiger partial charge in [0.05, 0.1) is 7.11 Å². The molecule has 1 aromatic heterocycles. The summed E-state index contributed by atoms with van der Waals surface area (Å²) in [4.78, 5) is 16.7. The lowest BCUT2D eigenvalue weighted by Crippen LogP contribution is -2.29. The summed E-state index contributed by atoms with van der Waals surface area (Å²) in [6.07, 6.45) is 8.30. The highest BCUT2D eigenvalue weighted by atomic mass is 35.5. The van der Waals surface area contributed by atoms with Crippen molar-refractivity contribution < 1.29 is 9.53 Å². The van der Waals surface area contributed by atoms with Gasteiger partial charge in [-0.1, -0.05) is 36.4 Å². The zero-order chi connectivity index (χ0) is 19.8. The summed E-state index contributed by atoms with van der Waals surface area (Å²) in [6, 6.07) is 7.86. The van der Waals surface area contributed by atoms with Crippen LogP contribution < -0.4 is 10.1 Å². The average Bonchev–Trinajstić information content (AvgIpc) is 3.12. The predicted molar refractivity (Wildman–Crippen MR) is 113 cm³/mol. The first-order chi connectivity index (χ1) is 12.9. The Morgan fingerprint density at radius 3 is 2.63 bits per heavy atom. The van der Waals surface area contributed by atoms with E-state index in [1.54, 1.807) is 18.4 Å². The minimum absolute atomic E-state index is 0.161. The number of amides is 1. The van der Waals surface area contributed by atoms with Crippen LogP contribution in [0.15, 0.2) is 66.4 Å². The number of benzene rings is 1. The zero-order valence-corrected chi connectivity index (χ0v) is 17.2. The van der Waals surface area contributed by atoms with Gasteiger partial charge in [0.2, 0.25) is 5.91 Å². The van der Waals surface area contributed by atoms with Gasteiger partial charge in [-0.2, -0.15) is 0 Å². The Morgan fingerprint density at radius 2 is 2.04 bits per heavy atom. The Kier molecular flexibility index (Phi) is 7.82. The second-order valence-electron chi connectivity index (χ2n) is 5.96. The summed E-state index contributed by atoms with van der Waals surface area (Å²) >= 11 is 7.78. The fourth-order valence-electron chi connectivity index (χ4n) is 2.27. The quantitative estimate of drug-likeness (QED) is 0.378. The number of ether oxygens (including phenoxy) is 1. The van der Waals surface area contributed by atoms with Gasteiger partial charge in [-0.3, -0.25) is 4.79 Å². The Hall–Kier alpha value is -2.37. The van der Waals surface area contributed by atoms with Gasteiger partial charge in [0.15, 0.2) is 0 Å². The Bertz CT molecular complexity index is 853. The molecule has 0 aliphatic rings. The van der Waals surface area contributed by atoms with Crippen LogP contribution in [0.3, 0.4) is 0 Å². The third-order valence-corrected chi connectivity index (χ3v) is 5.32. The lowest BCUT2D eigenvalue weighted by atomic mass is 10.1. The number of rotatable bonds is 8. The number of aromatic nitrogens is 1. The minimum Gasteiger partial charge on any atom is -0.497 e. The van der Waals surface area contributed by atoms with Gasteiger partial charge >= 0.3 is 0 Å². The third kappa shape index (κ3) is 6.38. The van der Waals surface area contributed by atoms with Crippen LogP contribution in [0, 0.1) is 0 Å². The topological polar surface area (TPSA) is 51.2 Å². The van der Waals surface area contributed by atoms with Gasteiger partial charge in [-0.05, 0) is 42.3 Å². The van der Waals surface area contributed by atoms with Crippen molar-refractivity contribution in [2.45, 2.75) is 25.8 Å². The predicted octanol–water partition coefficient (Wildman–Crippen LogP) is 5.12. The average molecular weight is 403 g/mol. The number of hydrogen-bond acceptors (Lipinski definition) is 4. The van der Waals surface area contributed by atoms with Crippen LogP contribution in [0.25, 0.3) is 10.6 Å². The lowest BCUT2D eigenvalue weighted by molar-refractivity contribution is -0.119. The lowest BCUT2D eigenvalue weighted by Gasteiger charge is -2.10. The summed E-state index contributed by atoms with van der Waals surface area (Å²) in [7, 11) is 1.65. The molecule has 2 rings (SSSR count). The molecule has 1 aromatic carbocycles. The van der Waals surface area contributed by atoms with E-state index in [9.17, 15) is 4.79 Å². The summed E-state index contributed by atoms with van der Waals surface area (Å²) < 4.78 is 5.19. The van der Waals surface area contributed by atoms with Crippen molar-refractivity contribution in [3.8, 4) is 16.3 Å². The van der Waals surface area contributed by atoms with E-state index in [1.807, 2.05) is 55.6 Å². The van der Waals surface area contributed by atoms with Crippen molar-refractivity contribution in [3.05, 3.63) is 71.3 Å². The molecule has 0 aliphatic heterocycles. The first-order valence-corrected chi connectivity index (χ1v) is 9.68. The van der Waals surface area contributed by atoms with E-state index in [-0.39, 0.29) is 5.91 Å². The molecule has 1 N–H and O–H groups in total. The van der Waals surface area contributed by atoms with E-state index in [0.29, 0.717) is 0 Å². The van der Waals surface area contributed by atoms with Crippen molar-refractivity contribution in [3.63, 3.8) is 0 Å². The van der Waals surface area contributed by atoms with Gasteiger partial charge in [0.25, 0.3) is 0 Å². The highest BCUT2D eigenvalue weighted by molar-refractivity contribution is 7.15. The van der Waals surface area contributed by atoms with Gasteiger partial charge < -0.3 is 10.1 Å². The van der Waals surface area contributed by atoms with Crippen molar-refractivity contribution in [2.24, 2.45) is 0 Å². The molecule has 0 aliphatic carbocycles. The van der Waals surface area contributed by atoms with Crippen LogP contribution >= 0.6 is 22.9 Å². The van der Waals surface area contributed by atoms with Crippen LogP contribution in [0.4, 0.5) is 0 Å². The number of carbonyl (C=O) groups excluding carboxylic acids is 1. The summed E-state index contributed by atoms with van der Waals surface area (Å²) in [5.74, 6) is 0.665. The van der Waals surface area contributed by atoms with E-state index >= 15 is 0 Å². The maximum atomic E-state index is 11.1. The van der Waals surface area contributed by atoms with Gasteiger partial charge in [-0.15, -0.1) is 11.3 Å². The normalized spacial score (nSPS) is 13.2. The first-order valence-electron chi connectivity index (χ1n) is 8.43. The number of hydrogen-bond donors (Lipinski definition) is 1. The van der Waals surface area contributed by atoms with E-state index in [2.05, 4.69) is 16.9 Å². The Morgan fingerprint density at radius 1 is 1.33 bits per heavy atom. The number of nitrogens with zero attached hydrogens (tertiary/aromatic N) is 1. The van der Waals surface area contributed by atoms with Crippen molar-refractivity contribution >= 4 is 28.8 Å². The smallest absolute Gasteiger partial charge is 0.218 e. The fraction of sp³-hybridized carbons (Fsp3) is 0.238. The standard InChI is InChI=1S/C21H23ClN2O2S/c1-5-16(7-6-14(2)20(22)24-15(3)25)12-19-13-23-21(27-19)17-8-10-18(26-4)11-9-17/h5-11,13,20H,1,12H2,2-4H3,(H,24,25)/b14-6+,16-7+. The molecule has 1 atom stereocenters. The van der Waals surface area contributed by atoms with Crippen molar-refractivity contribution in [2.75, 3.05) is 7.11 Å². The van der Waals surface area contributed by atoms with Crippen LogP contribution in [-0.4, -0.2) is 23.5 Å². The SMILES string of the molecule is C=C/C(=C\C=C(/C)C(Cl)NC(C)=O)Cc1cnc(-c2ccc(OC)cc2)s1. The molecule has 27 heavy (non-hydrogen) atoms. The van der Waals surface area contributed by atoms with E-state index in [4.69, 9.17) is 16.3 Å². The second-order valence-corrected chi connectivity index (χ2v) is 7.51. The molecule has 142 valence electrons. The molecule has 6 heteroatoms. The number of carbonyl (C=O) groups is 1.